The molecule has 0 aliphatic carbocycles. The largest absolute Gasteiger partial charge is 0.395 e. The van der Waals surface area contributed by atoms with Gasteiger partial charge in [-0.15, -0.1) is 0 Å². The molecule has 0 radical (unpaired) electrons. The van der Waals surface area contributed by atoms with Crippen molar-refractivity contribution in [3.05, 3.63) is 35.9 Å². The van der Waals surface area contributed by atoms with E-state index in [0.29, 0.717) is 6.42 Å². The van der Waals surface area contributed by atoms with Crippen LogP contribution in [0.2, 0.25) is 0 Å². The summed E-state index contributed by atoms with van der Waals surface area (Å²) in [5, 5.41) is 11.1. The van der Waals surface area contributed by atoms with Gasteiger partial charge in [0.25, 0.3) is 0 Å². The van der Waals surface area contributed by atoms with Gasteiger partial charge in [0.1, 0.15) is 0 Å². The Kier molecular flexibility index (Phi) is 5.53. The van der Waals surface area contributed by atoms with E-state index in [9.17, 15) is 4.79 Å². The molecule has 0 aliphatic heterocycles. The maximum atomic E-state index is 11.4. The van der Waals surface area contributed by atoms with Crippen LogP contribution in [-0.2, 0) is 11.2 Å². The lowest BCUT2D eigenvalue weighted by Crippen LogP contribution is -2.41. The Hall–Kier alpha value is -1.39. The molecule has 1 unspecified atom stereocenters. The van der Waals surface area contributed by atoms with Gasteiger partial charge >= 0.3 is 0 Å². The van der Waals surface area contributed by atoms with Crippen LogP contribution < -0.4 is 11.1 Å². The van der Waals surface area contributed by atoms with Crippen LogP contribution in [0, 0.1) is 0 Å². The Morgan fingerprint density at radius 3 is 2.69 bits per heavy atom. The number of rotatable bonds is 6. The number of aliphatic hydroxyl groups excluding tert-OH is 1. The first kappa shape index (κ1) is 12.7. The molecule has 4 nitrogen and oxygen atoms in total. The highest BCUT2D eigenvalue weighted by Crippen LogP contribution is 2.03. The zero-order chi connectivity index (χ0) is 11.8. The molecule has 4 N–H and O–H groups in total. The van der Waals surface area contributed by atoms with E-state index in [1.54, 1.807) is 0 Å². The van der Waals surface area contributed by atoms with Gasteiger partial charge in [-0.25, -0.2) is 0 Å². The fraction of sp³-hybridized carbons (Fsp3) is 0.417. The number of aryl methyl sites for hydroxylation is 1. The van der Waals surface area contributed by atoms with E-state index in [1.165, 1.54) is 5.56 Å². The first-order chi connectivity index (χ1) is 7.74. The molecule has 0 saturated carbocycles. The highest BCUT2D eigenvalue weighted by Gasteiger charge is 2.12. The zero-order valence-corrected chi connectivity index (χ0v) is 9.23. The number of carbonyl (C=O) groups excluding carboxylic acids is 1. The maximum Gasteiger partial charge on any atom is 0.237 e. The van der Waals surface area contributed by atoms with Gasteiger partial charge in [-0.2, -0.15) is 0 Å². The van der Waals surface area contributed by atoms with E-state index in [2.05, 4.69) is 5.32 Å². The summed E-state index contributed by atoms with van der Waals surface area (Å²) in [4.78, 5) is 11.4. The third kappa shape index (κ3) is 4.42. The van der Waals surface area contributed by atoms with Crippen LogP contribution in [-0.4, -0.2) is 30.2 Å². The summed E-state index contributed by atoms with van der Waals surface area (Å²) in [6, 6.07) is 9.40. The molecule has 0 aromatic heterocycles. The Morgan fingerprint density at radius 2 is 2.06 bits per heavy atom. The second kappa shape index (κ2) is 6.98. The van der Waals surface area contributed by atoms with Crippen molar-refractivity contribution in [3.63, 3.8) is 0 Å². The molecule has 0 saturated heterocycles. The molecule has 0 aliphatic rings. The van der Waals surface area contributed by atoms with Crippen molar-refractivity contribution in [2.75, 3.05) is 13.2 Å². The minimum absolute atomic E-state index is 0.0584. The lowest BCUT2D eigenvalue weighted by Gasteiger charge is -2.11. The van der Waals surface area contributed by atoms with E-state index in [-0.39, 0.29) is 19.1 Å². The Morgan fingerprint density at radius 1 is 1.38 bits per heavy atom. The van der Waals surface area contributed by atoms with Gasteiger partial charge in [-0.3, -0.25) is 4.79 Å². The van der Waals surface area contributed by atoms with Crippen molar-refractivity contribution in [1.29, 1.82) is 0 Å². The van der Waals surface area contributed by atoms with Crippen LogP contribution >= 0.6 is 0 Å². The first-order valence-corrected chi connectivity index (χ1v) is 5.42. The van der Waals surface area contributed by atoms with Gasteiger partial charge in [0.15, 0.2) is 0 Å². The van der Waals surface area contributed by atoms with Crippen molar-refractivity contribution in [3.8, 4) is 0 Å². The summed E-state index contributed by atoms with van der Waals surface area (Å²) >= 11 is 0. The summed E-state index contributed by atoms with van der Waals surface area (Å²) in [7, 11) is 0. The van der Waals surface area contributed by atoms with Crippen molar-refractivity contribution in [1.82, 2.24) is 5.32 Å². The van der Waals surface area contributed by atoms with E-state index in [4.69, 9.17) is 10.8 Å². The number of benzene rings is 1. The minimum Gasteiger partial charge on any atom is -0.395 e. The van der Waals surface area contributed by atoms with Gasteiger partial charge in [-0.1, -0.05) is 30.3 Å². The molecule has 1 aromatic carbocycles. The quantitative estimate of drug-likeness (QED) is 0.637. The first-order valence-electron chi connectivity index (χ1n) is 5.42. The average Bonchev–Trinajstić information content (AvgIpc) is 2.34. The third-order valence-corrected chi connectivity index (χ3v) is 2.33. The van der Waals surface area contributed by atoms with E-state index in [1.807, 2.05) is 30.3 Å². The number of carbonyl (C=O) groups is 1. The van der Waals surface area contributed by atoms with Crippen LogP contribution in [0.3, 0.4) is 0 Å². The maximum absolute atomic E-state index is 11.4. The predicted molar refractivity (Wildman–Crippen MR) is 62.8 cm³/mol. The fourth-order valence-corrected chi connectivity index (χ4v) is 1.41. The lowest BCUT2D eigenvalue weighted by molar-refractivity contribution is -0.122. The molecule has 1 amide bonds. The van der Waals surface area contributed by atoms with Crippen molar-refractivity contribution < 1.29 is 9.90 Å². The topological polar surface area (TPSA) is 75.4 Å². The van der Waals surface area contributed by atoms with Crippen molar-refractivity contribution in [2.24, 2.45) is 5.73 Å². The molecule has 1 rings (SSSR count). The zero-order valence-electron chi connectivity index (χ0n) is 9.23. The monoisotopic (exact) mass is 222 g/mol. The molecule has 0 spiro atoms. The number of hydrogen-bond donors (Lipinski definition) is 3. The summed E-state index contributed by atoms with van der Waals surface area (Å²) in [6.45, 7) is 0.203. The van der Waals surface area contributed by atoms with Gasteiger partial charge in [0.2, 0.25) is 5.91 Å². The van der Waals surface area contributed by atoms with E-state index >= 15 is 0 Å². The van der Waals surface area contributed by atoms with Crippen LogP contribution in [0.5, 0.6) is 0 Å². The van der Waals surface area contributed by atoms with Crippen molar-refractivity contribution >= 4 is 5.91 Å². The lowest BCUT2D eigenvalue weighted by atomic mass is 10.1. The van der Waals surface area contributed by atoms with Gasteiger partial charge in [0, 0.05) is 6.54 Å². The van der Waals surface area contributed by atoms with Crippen LogP contribution in [0.1, 0.15) is 12.0 Å². The molecule has 16 heavy (non-hydrogen) atoms. The summed E-state index contributed by atoms with van der Waals surface area (Å²) < 4.78 is 0. The van der Waals surface area contributed by atoms with Crippen LogP contribution in [0.15, 0.2) is 30.3 Å². The smallest absolute Gasteiger partial charge is 0.237 e. The van der Waals surface area contributed by atoms with Crippen LogP contribution in [0.4, 0.5) is 0 Å². The summed E-state index contributed by atoms with van der Waals surface area (Å²) in [6.07, 6.45) is 1.40. The van der Waals surface area contributed by atoms with E-state index in [0.717, 1.165) is 6.42 Å². The van der Waals surface area contributed by atoms with Gasteiger partial charge < -0.3 is 16.2 Å². The number of aliphatic hydroxyl groups is 1. The molecular formula is C12H18N2O2. The highest BCUT2D eigenvalue weighted by molar-refractivity contribution is 5.81. The SMILES string of the molecule is NC(CCc1ccccc1)C(=O)NCCO. The Bertz CT molecular complexity index is 314. The fourth-order valence-electron chi connectivity index (χ4n) is 1.41. The number of nitrogens with two attached hydrogens (primary N) is 1. The Balaban J connectivity index is 2.29. The molecule has 0 heterocycles. The number of nitrogens with one attached hydrogen (secondary N) is 1. The molecule has 88 valence electrons. The minimum atomic E-state index is -0.508. The highest BCUT2D eigenvalue weighted by atomic mass is 16.3. The van der Waals surface area contributed by atoms with Gasteiger partial charge in [-0.05, 0) is 18.4 Å². The number of hydrogen-bond acceptors (Lipinski definition) is 3. The normalized spacial score (nSPS) is 12.1. The molecule has 0 fully saturated rings. The molecule has 0 bridgehead atoms. The van der Waals surface area contributed by atoms with Gasteiger partial charge in [0.05, 0.1) is 12.6 Å². The molecule has 4 heteroatoms. The second-order valence-corrected chi connectivity index (χ2v) is 3.65. The second-order valence-electron chi connectivity index (χ2n) is 3.65. The predicted octanol–water partition coefficient (Wildman–Crippen LogP) is 0.0550. The van der Waals surface area contributed by atoms with Crippen molar-refractivity contribution in [2.45, 2.75) is 18.9 Å². The molecule has 1 aromatic rings. The van der Waals surface area contributed by atoms with E-state index < -0.39 is 6.04 Å². The third-order valence-electron chi connectivity index (χ3n) is 2.33. The molecule has 1 atom stereocenters. The van der Waals surface area contributed by atoms with Crippen LogP contribution in [0.25, 0.3) is 0 Å². The number of amides is 1. The molecular weight excluding hydrogens is 204 g/mol. The summed E-state index contributed by atoms with van der Waals surface area (Å²) in [5.41, 5.74) is 6.89. The standard InChI is InChI=1S/C12H18N2O2/c13-11(12(16)14-8-9-15)7-6-10-4-2-1-3-5-10/h1-5,11,15H,6-9,13H2,(H,14,16). The Labute approximate surface area is 95.5 Å². The summed E-state index contributed by atoms with van der Waals surface area (Å²) in [5.74, 6) is -0.204. The average molecular weight is 222 g/mol.